The number of ether oxygens (including phenoxy) is 1. The monoisotopic (exact) mass is 407 g/mol. The van der Waals surface area contributed by atoms with Crippen molar-refractivity contribution in [3.8, 4) is 5.75 Å². The molecule has 0 bridgehead atoms. The van der Waals surface area contributed by atoms with Crippen LogP contribution >= 0.6 is 0 Å². The highest BCUT2D eigenvalue weighted by atomic mass is 16.5. The molecule has 0 radical (unpaired) electrons. The summed E-state index contributed by atoms with van der Waals surface area (Å²) < 4.78 is 5.56. The highest BCUT2D eigenvalue weighted by Crippen LogP contribution is 2.24. The van der Waals surface area contributed by atoms with Crippen LogP contribution in [0.4, 0.5) is 11.4 Å². The van der Waals surface area contributed by atoms with E-state index in [1.807, 2.05) is 35.2 Å². The molecule has 1 saturated heterocycles. The third-order valence-electron chi connectivity index (χ3n) is 5.15. The van der Waals surface area contributed by atoms with Crippen LogP contribution in [-0.2, 0) is 4.79 Å². The molecule has 2 aromatic carbocycles. The fraction of sp³-hybridized carbons (Fsp3) is 0.333. The van der Waals surface area contributed by atoms with Gasteiger partial charge in [0.15, 0.2) is 0 Å². The molecule has 1 aliphatic rings. The van der Waals surface area contributed by atoms with Crippen LogP contribution in [0.1, 0.15) is 30.1 Å². The zero-order chi connectivity index (χ0) is 21.3. The van der Waals surface area contributed by atoms with Gasteiger partial charge in [0.05, 0.1) is 12.2 Å². The molecule has 2 aromatic rings. The number of carbonyl (C=O) groups excluding carboxylic acids is 2. The second-order valence-electron chi connectivity index (χ2n) is 7.55. The normalized spacial score (nSPS) is 14.1. The second kappa shape index (κ2) is 10.5. The number of nitrogens with zero attached hydrogens (tertiary/aromatic N) is 1. The van der Waals surface area contributed by atoms with Crippen LogP contribution in [0.25, 0.3) is 0 Å². The lowest BCUT2D eigenvalue weighted by Crippen LogP contribution is -2.37. The average Bonchev–Trinajstić information content (AvgIpc) is 2.77. The van der Waals surface area contributed by atoms with Gasteiger partial charge < -0.3 is 20.3 Å². The van der Waals surface area contributed by atoms with Crippen molar-refractivity contribution in [2.45, 2.75) is 19.8 Å². The fourth-order valence-corrected chi connectivity index (χ4v) is 3.38. The molecule has 2 amide bonds. The third-order valence-corrected chi connectivity index (χ3v) is 5.15. The van der Waals surface area contributed by atoms with E-state index in [-0.39, 0.29) is 18.4 Å². The van der Waals surface area contributed by atoms with Gasteiger partial charge in [0.2, 0.25) is 5.91 Å². The zero-order valence-electron chi connectivity index (χ0n) is 17.4. The van der Waals surface area contributed by atoms with E-state index in [1.54, 1.807) is 24.3 Å². The number of hydrogen-bond donors (Lipinski definition) is 2. The molecule has 3 rings (SSSR count). The Kier molecular flexibility index (Phi) is 7.49. The molecule has 158 valence electrons. The number of hydrogen-bond acceptors (Lipinski definition) is 4. The van der Waals surface area contributed by atoms with Gasteiger partial charge in [0.25, 0.3) is 5.91 Å². The Morgan fingerprint density at radius 2 is 1.93 bits per heavy atom. The van der Waals surface area contributed by atoms with Crippen LogP contribution in [-0.4, -0.2) is 43.0 Å². The largest absolute Gasteiger partial charge is 0.487 e. The van der Waals surface area contributed by atoms with Crippen molar-refractivity contribution in [1.29, 1.82) is 0 Å². The van der Waals surface area contributed by atoms with E-state index in [1.165, 1.54) is 0 Å². The number of para-hydroxylation sites is 2. The Hall–Kier alpha value is -3.28. The van der Waals surface area contributed by atoms with Crippen molar-refractivity contribution in [1.82, 2.24) is 4.90 Å². The van der Waals surface area contributed by atoms with Gasteiger partial charge in [-0.3, -0.25) is 9.59 Å². The predicted octanol–water partition coefficient (Wildman–Crippen LogP) is 4.17. The maximum atomic E-state index is 12.8. The summed E-state index contributed by atoms with van der Waals surface area (Å²) in [6, 6.07) is 14.6. The molecule has 0 aromatic heterocycles. The fourth-order valence-electron chi connectivity index (χ4n) is 3.38. The number of amides is 2. The molecule has 0 spiro atoms. The molecule has 0 saturated carbocycles. The Balaban J connectivity index is 1.56. The summed E-state index contributed by atoms with van der Waals surface area (Å²) in [6.07, 6.45) is 3.74. The highest BCUT2D eigenvalue weighted by Gasteiger charge is 2.21. The number of rotatable bonds is 8. The number of benzene rings is 2. The molecule has 6 heteroatoms. The molecule has 0 atom stereocenters. The molecule has 1 aliphatic heterocycles. The van der Waals surface area contributed by atoms with Crippen molar-refractivity contribution < 1.29 is 14.3 Å². The number of piperidine rings is 1. The summed E-state index contributed by atoms with van der Waals surface area (Å²) in [7, 11) is 0. The first kappa shape index (κ1) is 21.4. The Labute approximate surface area is 177 Å². The van der Waals surface area contributed by atoms with Gasteiger partial charge in [-0.05, 0) is 49.1 Å². The lowest BCUT2D eigenvalue weighted by atomic mass is 9.98. The van der Waals surface area contributed by atoms with Crippen molar-refractivity contribution in [3.63, 3.8) is 0 Å². The lowest BCUT2D eigenvalue weighted by Gasteiger charge is -2.30. The average molecular weight is 408 g/mol. The maximum Gasteiger partial charge on any atom is 0.253 e. The Morgan fingerprint density at radius 3 is 2.70 bits per heavy atom. The van der Waals surface area contributed by atoms with Crippen LogP contribution in [0.2, 0.25) is 0 Å². The topological polar surface area (TPSA) is 70.7 Å². The van der Waals surface area contributed by atoms with Gasteiger partial charge in [0, 0.05) is 24.3 Å². The van der Waals surface area contributed by atoms with E-state index in [4.69, 9.17) is 4.74 Å². The number of nitrogens with one attached hydrogen (secondary N) is 2. The molecule has 1 fully saturated rings. The number of carbonyl (C=O) groups is 2. The molecule has 0 aliphatic carbocycles. The highest BCUT2D eigenvalue weighted by molar-refractivity contribution is 5.96. The van der Waals surface area contributed by atoms with Crippen molar-refractivity contribution in [3.05, 3.63) is 66.7 Å². The quantitative estimate of drug-likeness (QED) is 0.644. The van der Waals surface area contributed by atoms with Crippen molar-refractivity contribution in [2.24, 2.45) is 5.92 Å². The number of anilines is 2. The van der Waals surface area contributed by atoms with Gasteiger partial charge in [0.1, 0.15) is 12.4 Å². The molecular weight excluding hydrogens is 378 g/mol. The summed E-state index contributed by atoms with van der Waals surface area (Å²) in [6.45, 7) is 7.90. The first-order valence-electron chi connectivity index (χ1n) is 10.3. The van der Waals surface area contributed by atoms with Gasteiger partial charge in [-0.2, -0.15) is 0 Å². The van der Waals surface area contributed by atoms with Crippen molar-refractivity contribution >= 4 is 23.2 Å². The first-order chi connectivity index (χ1) is 14.6. The van der Waals surface area contributed by atoms with E-state index in [0.29, 0.717) is 29.5 Å². The van der Waals surface area contributed by atoms with E-state index in [0.717, 1.165) is 31.6 Å². The molecule has 2 N–H and O–H groups in total. The smallest absolute Gasteiger partial charge is 0.253 e. The molecule has 1 heterocycles. The van der Waals surface area contributed by atoms with Crippen LogP contribution in [0.5, 0.6) is 5.75 Å². The van der Waals surface area contributed by atoms with Crippen LogP contribution < -0.4 is 15.4 Å². The summed E-state index contributed by atoms with van der Waals surface area (Å²) in [5.74, 6) is 1.11. The first-order valence-corrected chi connectivity index (χ1v) is 10.3. The second-order valence-corrected chi connectivity index (χ2v) is 7.55. The minimum Gasteiger partial charge on any atom is -0.487 e. The molecular formula is C24H29N3O3. The zero-order valence-corrected chi connectivity index (χ0v) is 17.4. The van der Waals surface area contributed by atoms with E-state index < -0.39 is 0 Å². The lowest BCUT2D eigenvalue weighted by molar-refractivity contribution is -0.114. The van der Waals surface area contributed by atoms with E-state index in [9.17, 15) is 9.59 Å². The van der Waals surface area contributed by atoms with Gasteiger partial charge in [-0.15, -0.1) is 0 Å². The Morgan fingerprint density at radius 1 is 1.17 bits per heavy atom. The van der Waals surface area contributed by atoms with Crippen LogP contribution in [0.15, 0.2) is 61.2 Å². The maximum absolute atomic E-state index is 12.8. The van der Waals surface area contributed by atoms with Crippen LogP contribution in [0.3, 0.4) is 0 Å². The minimum absolute atomic E-state index is 0.0447. The van der Waals surface area contributed by atoms with E-state index >= 15 is 0 Å². The Bertz CT molecular complexity index is 889. The summed E-state index contributed by atoms with van der Waals surface area (Å²) >= 11 is 0. The van der Waals surface area contributed by atoms with Gasteiger partial charge >= 0.3 is 0 Å². The SMILES string of the molecule is C=CCOc1ccccc1NC(=O)CNc1cccc(C(=O)N2CCC(C)CC2)c1. The summed E-state index contributed by atoms with van der Waals surface area (Å²) in [5, 5.41) is 5.94. The van der Waals surface area contributed by atoms with Gasteiger partial charge in [-0.25, -0.2) is 0 Å². The minimum atomic E-state index is -0.202. The standard InChI is InChI=1S/C24H29N3O3/c1-3-15-30-22-10-5-4-9-21(22)26-23(28)17-25-20-8-6-7-19(16-20)24(29)27-13-11-18(2)12-14-27/h3-10,16,18,25H,1,11-15,17H2,2H3,(H,26,28). The molecule has 6 nitrogen and oxygen atoms in total. The molecule has 30 heavy (non-hydrogen) atoms. The molecule has 0 unspecified atom stereocenters. The summed E-state index contributed by atoms with van der Waals surface area (Å²) in [4.78, 5) is 27.1. The number of likely N-dealkylation sites (tertiary alicyclic amines) is 1. The third kappa shape index (κ3) is 5.86. The predicted molar refractivity (Wildman–Crippen MR) is 120 cm³/mol. The van der Waals surface area contributed by atoms with Crippen LogP contribution in [0, 0.1) is 5.92 Å². The van der Waals surface area contributed by atoms with E-state index in [2.05, 4.69) is 24.1 Å². The summed E-state index contributed by atoms with van der Waals surface area (Å²) in [5.41, 5.74) is 1.98. The van der Waals surface area contributed by atoms with Crippen molar-refractivity contribution in [2.75, 3.05) is 36.9 Å². The van der Waals surface area contributed by atoms with Gasteiger partial charge in [-0.1, -0.05) is 37.8 Å².